The maximum Gasteiger partial charge on any atom is 0.433 e. The number of hydrogen-bond donors (Lipinski definition) is 0. The molecule has 18 heavy (non-hydrogen) atoms. The summed E-state index contributed by atoms with van der Waals surface area (Å²) in [5, 5.41) is 0. The smallest absolute Gasteiger partial charge is 0.433 e. The molecule has 2 rings (SSSR count). The van der Waals surface area contributed by atoms with Gasteiger partial charge in [-0.1, -0.05) is 28.1 Å². The molecule has 0 radical (unpaired) electrons. The molecule has 0 N–H and O–H groups in total. The standard InChI is InChI=1S/C12H9BrF3NO/c13-8-4-1-2-5-9(8)18-11-7-3-6-10(17-11)12(14,15)16/h2-3,5-7H,1,4H2. The molecule has 0 amide bonds. The van der Waals surface area contributed by atoms with Crippen LogP contribution in [0.5, 0.6) is 5.88 Å². The number of hydrogen-bond acceptors (Lipinski definition) is 2. The third-order valence-electron chi connectivity index (χ3n) is 2.30. The third kappa shape index (κ3) is 3.13. The third-order valence-corrected chi connectivity index (χ3v) is 3.08. The Morgan fingerprint density at radius 1 is 1.28 bits per heavy atom. The topological polar surface area (TPSA) is 22.1 Å². The molecule has 1 aliphatic rings. The van der Waals surface area contributed by atoms with Gasteiger partial charge in [-0.25, -0.2) is 4.98 Å². The van der Waals surface area contributed by atoms with Crippen molar-refractivity contribution in [1.29, 1.82) is 0 Å². The highest BCUT2D eigenvalue weighted by Crippen LogP contribution is 2.30. The van der Waals surface area contributed by atoms with Crippen LogP contribution in [0.4, 0.5) is 13.2 Å². The van der Waals surface area contributed by atoms with Crippen LogP contribution >= 0.6 is 15.9 Å². The Morgan fingerprint density at radius 3 is 2.72 bits per heavy atom. The van der Waals surface area contributed by atoms with Crippen LogP contribution < -0.4 is 4.74 Å². The molecule has 1 aliphatic carbocycles. The molecule has 1 aromatic rings. The molecule has 0 saturated heterocycles. The maximum absolute atomic E-state index is 12.5. The van der Waals surface area contributed by atoms with Gasteiger partial charge in [-0.15, -0.1) is 0 Å². The molecule has 6 heteroatoms. The zero-order chi connectivity index (χ0) is 13.2. The van der Waals surface area contributed by atoms with Crippen molar-refractivity contribution in [2.45, 2.75) is 19.0 Å². The Morgan fingerprint density at radius 2 is 2.06 bits per heavy atom. The van der Waals surface area contributed by atoms with Gasteiger partial charge < -0.3 is 4.74 Å². The van der Waals surface area contributed by atoms with E-state index in [0.717, 1.165) is 23.4 Å². The van der Waals surface area contributed by atoms with Crippen molar-refractivity contribution in [1.82, 2.24) is 4.98 Å². The average Bonchev–Trinajstić information content (AvgIpc) is 2.31. The Hall–Kier alpha value is -1.30. The SMILES string of the molecule is FC(F)(F)c1cccc(OC2=C(Br)CCC=C2)n1. The average molecular weight is 320 g/mol. The lowest BCUT2D eigenvalue weighted by atomic mass is 10.2. The van der Waals surface area contributed by atoms with E-state index in [1.165, 1.54) is 12.1 Å². The highest BCUT2D eigenvalue weighted by Gasteiger charge is 2.32. The largest absolute Gasteiger partial charge is 0.438 e. The minimum Gasteiger partial charge on any atom is -0.438 e. The molecule has 0 saturated carbocycles. The summed E-state index contributed by atoms with van der Waals surface area (Å²) in [6.07, 6.45) is 0.797. The van der Waals surface area contributed by atoms with Gasteiger partial charge in [0.1, 0.15) is 11.5 Å². The van der Waals surface area contributed by atoms with E-state index in [0.29, 0.717) is 5.76 Å². The van der Waals surface area contributed by atoms with Gasteiger partial charge in [-0.3, -0.25) is 0 Å². The fourth-order valence-corrected chi connectivity index (χ4v) is 1.89. The maximum atomic E-state index is 12.5. The van der Waals surface area contributed by atoms with E-state index in [2.05, 4.69) is 20.9 Å². The first kappa shape index (κ1) is 13.1. The number of halogens is 4. The van der Waals surface area contributed by atoms with Gasteiger partial charge in [0.05, 0.1) is 0 Å². The van der Waals surface area contributed by atoms with E-state index in [1.807, 2.05) is 6.08 Å². The number of pyridine rings is 1. The molecular formula is C12H9BrF3NO. The van der Waals surface area contributed by atoms with E-state index in [4.69, 9.17) is 4.74 Å². The van der Waals surface area contributed by atoms with Crippen LogP contribution in [0, 0.1) is 0 Å². The molecule has 96 valence electrons. The van der Waals surface area contributed by atoms with Gasteiger partial charge in [0.15, 0.2) is 0 Å². The molecule has 0 fully saturated rings. The van der Waals surface area contributed by atoms with E-state index < -0.39 is 11.9 Å². The molecule has 1 heterocycles. The molecule has 0 unspecified atom stereocenters. The van der Waals surface area contributed by atoms with Gasteiger partial charge in [0.25, 0.3) is 0 Å². The monoisotopic (exact) mass is 319 g/mol. The highest BCUT2D eigenvalue weighted by molar-refractivity contribution is 9.11. The van der Waals surface area contributed by atoms with Crippen molar-refractivity contribution in [3.63, 3.8) is 0 Å². The van der Waals surface area contributed by atoms with Crippen molar-refractivity contribution in [3.8, 4) is 5.88 Å². The number of allylic oxidation sites excluding steroid dienone is 3. The van der Waals surface area contributed by atoms with Crippen LogP contribution in [-0.2, 0) is 6.18 Å². The van der Waals surface area contributed by atoms with Crippen molar-refractivity contribution in [3.05, 3.63) is 46.3 Å². The zero-order valence-electron chi connectivity index (χ0n) is 9.17. The summed E-state index contributed by atoms with van der Waals surface area (Å²) in [6, 6.07) is 3.57. The second kappa shape index (κ2) is 5.14. The Balaban J connectivity index is 2.23. The van der Waals surface area contributed by atoms with Crippen LogP contribution in [0.15, 0.2) is 40.6 Å². The van der Waals surface area contributed by atoms with Crippen molar-refractivity contribution in [2.75, 3.05) is 0 Å². The summed E-state index contributed by atoms with van der Waals surface area (Å²) in [6.45, 7) is 0. The first-order chi connectivity index (χ1) is 8.47. The summed E-state index contributed by atoms with van der Waals surface area (Å²) < 4.78 is 43.6. The van der Waals surface area contributed by atoms with Crippen molar-refractivity contribution >= 4 is 15.9 Å². The lowest BCUT2D eigenvalue weighted by Crippen LogP contribution is -2.09. The lowest BCUT2D eigenvalue weighted by molar-refractivity contribution is -0.141. The van der Waals surface area contributed by atoms with Gasteiger partial charge in [-0.05, 0) is 25.0 Å². The molecular weight excluding hydrogens is 311 g/mol. The van der Waals surface area contributed by atoms with Gasteiger partial charge in [-0.2, -0.15) is 13.2 Å². The molecule has 1 aromatic heterocycles. The fraction of sp³-hybridized carbons (Fsp3) is 0.250. The predicted octanol–water partition coefficient (Wildman–Crippen LogP) is 4.44. The zero-order valence-corrected chi connectivity index (χ0v) is 10.8. The van der Waals surface area contributed by atoms with Crippen molar-refractivity contribution in [2.24, 2.45) is 0 Å². The normalized spacial score (nSPS) is 16.0. The van der Waals surface area contributed by atoms with E-state index in [-0.39, 0.29) is 5.88 Å². The van der Waals surface area contributed by atoms with Gasteiger partial charge in [0, 0.05) is 10.5 Å². The lowest BCUT2D eigenvalue weighted by Gasteiger charge is -2.13. The Labute approximate surface area is 110 Å². The van der Waals surface area contributed by atoms with Crippen LogP contribution in [0.1, 0.15) is 18.5 Å². The summed E-state index contributed by atoms with van der Waals surface area (Å²) in [5.74, 6) is 0.427. The number of nitrogens with zero attached hydrogens (tertiary/aromatic N) is 1. The number of aromatic nitrogens is 1. The highest BCUT2D eigenvalue weighted by atomic mass is 79.9. The molecule has 0 aliphatic heterocycles. The number of rotatable bonds is 2. The summed E-state index contributed by atoms with van der Waals surface area (Å²) in [7, 11) is 0. The minimum atomic E-state index is -4.46. The van der Waals surface area contributed by atoms with Crippen LogP contribution in [0.3, 0.4) is 0 Å². The fourth-order valence-electron chi connectivity index (χ4n) is 1.45. The quantitative estimate of drug-likeness (QED) is 0.804. The summed E-state index contributed by atoms with van der Waals surface area (Å²) in [5.41, 5.74) is -0.962. The predicted molar refractivity (Wildman–Crippen MR) is 64.2 cm³/mol. The van der Waals surface area contributed by atoms with Gasteiger partial charge in [0.2, 0.25) is 5.88 Å². The number of ether oxygens (including phenoxy) is 1. The van der Waals surface area contributed by atoms with Crippen molar-refractivity contribution < 1.29 is 17.9 Å². The Bertz CT molecular complexity index is 508. The van der Waals surface area contributed by atoms with Crippen LogP contribution in [0.2, 0.25) is 0 Å². The van der Waals surface area contributed by atoms with Gasteiger partial charge >= 0.3 is 6.18 Å². The second-order valence-corrected chi connectivity index (χ2v) is 4.63. The van der Waals surface area contributed by atoms with Crippen LogP contribution in [-0.4, -0.2) is 4.98 Å². The minimum absolute atomic E-state index is 0.0664. The van der Waals surface area contributed by atoms with E-state index >= 15 is 0 Å². The molecule has 0 atom stereocenters. The molecule has 0 aromatic carbocycles. The summed E-state index contributed by atoms with van der Waals surface area (Å²) >= 11 is 3.32. The summed E-state index contributed by atoms with van der Waals surface area (Å²) in [4.78, 5) is 3.44. The second-order valence-electron chi connectivity index (χ2n) is 3.67. The van der Waals surface area contributed by atoms with E-state index in [9.17, 15) is 13.2 Å². The Kier molecular flexibility index (Phi) is 3.75. The first-order valence-corrected chi connectivity index (χ1v) is 6.03. The molecule has 0 spiro atoms. The molecule has 2 nitrogen and oxygen atoms in total. The van der Waals surface area contributed by atoms with E-state index in [1.54, 1.807) is 6.08 Å². The van der Waals surface area contributed by atoms with Crippen LogP contribution in [0.25, 0.3) is 0 Å². The molecule has 0 bridgehead atoms. The number of alkyl halides is 3. The first-order valence-electron chi connectivity index (χ1n) is 5.24.